The fourth-order valence-electron chi connectivity index (χ4n) is 1.08. The molecule has 6 heteroatoms. The molecule has 1 atom stereocenters. The van der Waals surface area contributed by atoms with Gasteiger partial charge in [0.05, 0.1) is 0 Å². The standard InChI is InChI=1S/C11H20ClNO4.C2H6/c1-7(2)8(9(14)16-6-12)13-10(15)17-11(3,4)5;1-2/h7-8H,6H2,1-5H3,(H,13,15);1-2H3. The third kappa shape index (κ3) is 10.6. The zero-order valence-electron chi connectivity index (χ0n) is 12.9. The van der Waals surface area contributed by atoms with Crippen LogP contribution in [0.4, 0.5) is 4.79 Å². The molecular formula is C13H26ClNO4. The van der Waals surface area contributed by atoms with Gasteiger partial charge in [0.15, 0.2) is 6.07 Å². The highest BCUT2D eigenvalue weighted by atomic mass is 35.5. The van der Waals surface area contributed by atoms with Crippen LogP contribution in [-0.4, -0.2) is 29.8 Å². The smallest absolute Gasteiger partial charge is 0.408 e. The maximum absolute atomic E-state index is 11.5. The predicted molar refractivity (Wildman–Crippen MR) is 76.2 cm³/mol. The van der Waals surface area contributed by atoms with Crippen molar-refractivity contribution in [2.24, 2.45) is 5.92 Å². The molecule has 0 radical (unpaired) electrons. The number of carbonyl (C=O) groups excluding carboxylic acids is 2. The Bertz CT molecular complexity index is 274. The number of nitrogens with one attached hydrogen (secondary N) is 1. The molecule has 19 heavy (non-hydrogen) atoms. The number of rotatable bonds is 4. The van der Waals surface area contributed by atoms with Gasteiger partial charge in [0, 0.05) is 0 Å². The second-order valence-corrected chi connectivity index (χ2v) is 5.16. The molecule has 0 aliphatic heterocycles. The Hall–Kier alpha value is -0.970. The van der Waals surface area contributed by atoms with E-state index in [9.17, 15) is 9.59 Å². The quantitative estimate of drug-likeness (QED) is 0.638. The summed E-state index contributed by atoms with van der Waals surface area (Å²) in [6.45, 7) is 12.8. The topological polar surface area (TPSA) is 64.6 Å². The molecular weight excluding hydrogens is 270 g/mol. The molecule has 0 aromatic carbocycles. The van der Waals surface area contributed by atoms with E-state index >= 15 is 0 Å². The number of ether oxygens (including phenoxy) is 2. The molecule has 0 aliphatic rings. The highest BCUT2D eigenvalue weighted by Gasteiger charge is 2.27. The van der Waals surface area contributed by atoms with Crippen molar-refractivity contribution >= 4 is 23.7 Å². The van der Waals surface area contributed by atoms with Gasteiger partial charge in [0.25, 0.3) is 0 Å². The summed E-state index contributed by atoms with van der Waals surface area (Å²) in [5, 5.41) is 2.46. The van der Waals surface area contributed by atoms with Crippen LogP contribution in [0.15, 0.2) is 0 Å². The Labute approximate surface area is 121 Å². The summed E-state index contributed by atoms with van der Waals surface area (Å²) in [4.78, 5) is 23.0. The van der Waals surface area contributed by atoms with E-state index in [1.807, 2.05) is 13.8 Å². The van der Waals surface area contributed by atoms with Crippen molar-refractivity contribution < 1.29 is 19.1 Å². The van der Waals surface area contributed by atoms with Crippen LogP contribution in [0.5, 0.6) is 0 Å². The second kappa shape index (κ2) is 9.89. The minimum atomic E-state index is -0.761. The van der Waals surface area contributed by atoms with Crippen LogP contribution in [0.1, 0.15) is 48.5 Å². The minimum absolute atomic E-state index is 0.113. The number of amides is 1. The summed E-state index contributed by atoms with van der Waals surface area (Å²) < 4.78 is 9.71. The van der Waals surface area contributed by atoms with Gasteiger partial charge >= 0.3 is 12.1 Å². The van der Waals surface area contributed by atoms with E-state index in [0.717, 1.165) is 0 Å². The summed E-state index contributed by atoms with van der Waals surface area (Å²) in [6, 6.07) is -0.999. The Morgan fingerprint density at radius 1 is 1.21 bits per heavy atom. The third-order valence-electron chi connectivity index (χ3n) is 1.79. The van der Waals surface area contributed by atoms with Crippen LogP contribution in [0, 0.1) is 5.92 Å². The summed E-state index contributed by atoms with van der Waals surface area (Å²) in [6.07, 6.45) is -0.650. The van der Waals surface area contributed by atoms with Gasteiger partial charge in [0.2, 0.25) is 0 Å². The van der Waals surface area contributed by atoms with Gasteiger partial charge in [-0.1, -0.05) is 39.3 Å². The maximum Gasteiger partial charge on any atom is 0.408 e. The molecule has 0 heterocycles. The minimum Gasteiger partial charge on any atom is -0.448 e. The van der Waals surface area contributed by atoms with Crippen LogP contribution in [0.25, 0.3) is 0 Å². The van der Waals surface area contributed by atoms with Gasteiger partial charge in [0.1, 0.15) is 11.6 Å². The van der Waals surface area contributed by atoms with E-state index in [1.54, 1.807) is 34.6 Å². The molecule has 0 aromatic rings. The van der Waals surface area contributed by atoms with Crippen LogP contribution >= 0.6 is 11.6 Å². The van der Waals surface area contributed by atoms with Crippen molar-refractivity contribution in [1.82, 2.24) is 5.32 Å². The molecule has 0 spiro atoms. The lowest BCUT2D eigenvalue weighted by atomic mass is 10.1. The molecule has 0 rings (SSSR count). The van der Waals surface area contributed by atoms with Crippen LogP contribution in [-0.2, 0) is 14.3 Å². The fourth-order valence-corrected chi connectivity index (χ4v) is 1.18. The lowest BCUT2D eigenvalue weighted by molar-refractivity contribution is -0.145. The largest absolute Gasteiger partial charge is 0.448 e. The monoisotopic (exact) mass is 295 g/mol. The van der Waals surface area contributed by atoms with Crippen molar-refractivity contribution in [1.29, 1.82) is 0 Å². The van der Waals surface area contributed by atoms with Crippen molar-refractivity contribution in [3.8, 4) is 0 Å². The van der Waals surface area contributed by atoms with Gasteiger partial charge < -0.3 is 14.8 Å². The summed E-state index contributed by atoms with van der Waals surface area (Å²) >= 11 is 5.30. The van der Waals surface area contributed by atoms with Crippen LogP contribution in [0.2, 0.25) is 0 Å². The van der Waals surface area contributed by atoms with E-state index in [4.69, 9.17) is 16.3 Å². The predicted octanol–water partition coefficient (Wildman–Crippen LogP) is 3.30. The highest BCUT2D eigenvalue weighted by molar-refractivity contribution is 6.17. The first-order valence-electron chi connectivity index (χ1n) is 6.39. The number of alkyl halides is 1. The molecule has 0 fully saturated rings. The first-order valence-corrected chi connectivity index (χ1v) is 6.93. The SMILES string of the molecule is CC.CC(C)C(NC(=O)OC(C)(C)C)C(=O)OCCl. The molecule has 1 amide bonds. The molecule has 0 aromatic heterocycles. The summed E-state index contributed by atoms with van der Waals surface area (Å²) in [5.74, 6) is -0.681. The lowest BCUT2D eigenvalue weighted by Crippen LogP contribution is -2.47. The van der Waals surface area contributed by atoms with Gasteiger partial charge in [-0.15, -0.1) is 0 Å². The van der Waals surface area contributed by atoms with E-state index < -0.39 is 23.7 Å². The van der Waals surface area contributed by atoms with Gasteiger partial charge in [-0.25, -0.2) is 9.59 Å². The van der Waals surface area contributed by atoms with E-state index in [0.29, 0.717) is 0 Å². The molecule has 0 saturated heterocycles. The van der Waals surface area contributed by atoms with Crippen molar-refractivity contribution in [2.45, 2.75) is 60.1 Å². The Morgan fingerprint density at radius 2 is 1.68 bits per heavy atom. The van der Waals surface area contributed by atoms with E-state index in [2.05, 4.69) is 10.1 Å². The number of halogens is 1. The van der Waals surface area contributed by atoms with E-state index in [-0.39, 0.29) is 12.0 Å². The highest BCUT2D eigenvalue weighted by Crippen LogP contribution is 2.09. The van der Waals surface area contributed by atoms with Crippen LogP contribution < -0.4 is 5.32 Å². The van der Waals surface area contributed by atoms with Gasteiger partial charge in [-0.05, 0) is 26.7 Å². The first kappa shape index (κ1) is 20.3. The molecule has 0 saturated carbocycles. The van der Waals surface area contributed by atoms with Crippen molar-refractivity contribution in [2.75, 3.05) is 6.07 Å². The Kier molecular flexibility index (Phi) is 10.6. The fraction of sp³-hybridized carbons (Fsp3) is 0.846. The third-order valence-corrected chi connectivity index (χ3v) is 1.90. The number of esters is 1. The summed E-state index contributed by atoms with van der Waals surface area (Å²) in [5.41, 5.74) is -0.609. The second-order valence-electron chi connectivity index (χ2n) is 4.94. The lowest BCUT2D eigenvalue weighted by Gasteiger charge is -2.24. The zero-order valence-corrected chi connectivity index (χ0v) is 13.6. The molecule has 1 unspecified atom stereocenters. The average molecular weight is 296 g/mol. The average Bonchev–Trinajstić information content (AvgIpc) is 2.26. The number of carbonyl (C=O) groups is 2. The van der Waals surface area contributed by atoms with Crippen molar-refractivity contribution in [3.05, 3.63) is 0 Å². The molecule has 5 nitrogen and oxygen atoms in total. The number of alkyl carbamates (subject to hydrolysis) is 1. The Balaban J connectivity index is 0. The van der Waals surface area contributed by atoms with Gasteiger partial charge in [-0.3, -0.25) is 0 Å². The zero-order chi connectivity index (χ0) is 15.6. The Morgan fingerprint density at radius 3 is 2.00 bits per heavy atom. The molecule has 1 N–H and O–H groups in total. The van der Waals surface area contributed by atoms with E-state index in [1.165, 1.54) is 0 Å². The van der Waals surface area contributed by atoms with Crippen molar-refractivity contribution in [3.63, 3.8) is 0 Å². The molecule has 0 aliphatic carbocycles. The van der Waals surface area contributed by atoms with Crippen LogP contribution in [0.3, 0.4) is 0 Å². The molecule has 0 bridgehead atoms. The first-order chi connectivity index (χ1) is 8.67. The number of hydrogen-bond acceptors (Lipinski definition) is 4. The normalized spacial score (nSPS) is 12.1. The van der Waals surface area contributed by atoms with Gasteiger partial charge in [-0.2, -0.15) is 0 Å². The molecule has 114 valence electrons. The number of hydrogen-bond donors (Lipinski definition) is 1. The maximum atomic E-state index is 11.5. The summed E-state index contributed by atoms with van der Waals surface area (Å²) in [7, 11) is 0.